The molecule has 0 bridgehead atoms. The molecule has 5 aromatic heterocycles. The zero-order valence-electron chi connectivity index (χ0n) is 69.0. The predicted octanol–water partition coefficient (Wildman–Crippen LogP) is -17.6. The van der Waals surface area contributed by atoms with Gasteiger partial charge >= 0.3 is 118 Å². The maximum absolute atomic E-state index is 12.5. The van der Waals surface area contributed by atoms with Crippen LogP contribution in [0, 0.1) is 23.7 Å². The molecule has 46 heteroatoms. The van der Waals surface area contributed by atoms with Crippen LogP contribution in [0.3, 0.4) is 0 Å². The number of para-hydroxylation sites is 2. The summed E-state index contributed by atoms with van der Waals surface area (Å²) < 4.78 is 42.8. The maximum atomic E-state index is 12.5. The fourth-order valence-electron chi connectivity index (χ4n) is 13.2. The van der Waals surface area contributed by atoms with Gasteiger partial charge in [-0.15, -0.1) is 20.4 Å². The van der Waals surface area contributed by atoms with Crippen molar-refractivity contribution >= 4 is 29.8 Å². The van der Waals surface area contributed by atoms with Crippen molar-refractivity contribution in [1.29, 1.82) is 0 Å². The third-order valence-corrected chi connectivity index (χ3v) is 19.9. The number of carboxylic acid groups (broad SMARTS) is 4. The number of aliphatic hydroxyl groups excluding tert-OH is 12. The summed E-state index contributed by atoms with van der Waals surface area (Å²) >= 11 is 0. The van der Waals surface area contributed by atoms with Gasteiger partial charge in [0.2, 0.25) is 5.91 Å². The molecule has 0 saturated heterocycles. The van der Waals surface area contributed by atoms with E-state index in [1.54, 1.807) is 127 Å². The number of hydrogen-bond acceptors (Lipinski definition) is 37. The minimum Gasteiger partial charge on any atom is -0.542 e. The van der Waals surface area contributed by atoms with Gasteiger partial charge < -0.3 is 139 Å². The van der Waals surface area contributed by atoms with Crippen LogP contribution in [0.2, 0.25) is 0 Å². The van der Waals surface area contributed by atoms with Gasteiger partial charge in [-0.1, -0.05) is 79.7 Å². The Morgan fingerprint density at radius 3 is 1.07 bits per heavy atom. The third-order valence-electron chi connectivity index (χ3n) is 19.9. The number of amides is 1. The second kappa shape index (κ2) is 49.1. The van der Waals surface area contributed by atoms with E-state index in [2.05, 4.69) is 51.5 Å². The van der Waals surface area contributed by atoms with Crippen LogP contribution in [-0.4, -0.2) is 283 Å². The zero-order valence-corrected chi connectivity index (χ0v) is 77.0. The standard InChI is InChI=1S/C22H28N4O8.2C19H23N3O7.C17H20N4O6.4Na/c1-11(2)21(30)23-18-14(8-17(22(31)32)34-20(18)19(29)15(28)10-27)26-9-13(24-25-26)12-6-4-5-7-16(12)33-3;1-10-14(7-16(19(26)27)29-18(10)17(25)15(24)9-23)22-8-13(20-21-22)11-3-5-12(28-2)6-4-11;1-10-13(7-16(19(26)27)29-18(10)17(25)14(24)9-23)22-8-12(20-21-22)11-5-3-4-6-15(11)28-2;1-9-12(21-7-11(19-20-21)10-3-2-4-18-6-10)5-14(17(25)26)27-16(9)15(24)13(23)8-22;;;;/h4-9,11,14-15,18-20,27-29H,10H2,1-3H3,(H,23,30)(H,31,32);3-8,10,14-15,17-18,23-25H,9H2,1-2H3,(H,26,27);3-8,10,13-14,17-18,23-25H,9H2,1-2H3,(H,26,27);2-7,9,12-13,15-16,22-24H,8H2,1H3,(H,25,26);;;;/q;;;;4*+1/p-4/t14-,15+,18+,19+,20+;10-,14+,15-,17-,18-;10-,13+,14-,17-,18-;9-,12+,13-,15-,16-;;;;/m0111..../s1. The Labute approximate surface area is 791 Å². The quantitative estimate of drug-likeness (QED) is 0.0194. The Morgan fingerprint density at radius 2 is 0.740 bits per heavy atom. The number of rotatable bonds is 29. The van der Waals surface area contributed by atoms with Crippen LogP contribution in [0.1, 0.15) is 58.8 Å². The molecule has 42 nitrogen and oxygen atoms in total. The summed E-state index contributed by atoms with van der Waals surface area (Å²) in [5.74, 6) is -8.97. The largest absolute Gasteiger partial charge is 1.00 e. The van der Waals surface area contributed by atoms with E-state index in [0.29, 0.717) is 51.2 Å². The summed E-state index contributed by atoms with van der Waals surface area (Å²) in [6.07, 6.45) is -2.38. The molecule has 123 heavy (non-hydrogen) atoms. The normalized spacial score (nSPS) is 22.6. The molecule has 20 atom stereocenters. The molecule has 640 valence electrons. The summed E-state index contributed by atoms with van der Waals surface area (Å²) in [5.41, 5.74) is 4.87. The molecule has 4 aliphatic rings. The number of aliphatic hydroxyl groups is 12. The molecule has 0 radical (unpaired) electrons. The van der Waals surface area contributed by atoms with Crippen molar-refractivity contribution in [3.05, 3.63) is 169 Å². The summed E-state index contributed by atoms with van der Waals surface area (Å²) in [4.78, 5) is 62.3. The molecular formula is C77H90N14Na4O28. The molecule has 0 spiro atoms. The van der Waals surface area contributed by atoms with Gasteiger partial charge in [-0.05, 0) is 85.0 Å². The molecular weight excluding hydrogens is 1660 g/mol. The first-order chi connectivity index (χ1) is 56.8. The van der Waals surface area contributed by atoms with Crippen LogP contribution in [0.15, 0.2) is 169 Å². The Kier molecular flexibility index (Phi) is 42.0. The van der Waals surface area contributed by atoms with Gasteiger partial charge in [0.05, 0.1) is 103 Å². The van der Waals surface area contributed by atoms with E-state index >= 15 is 0 Å². The van der Waals surface area contributed by atoms with E-state index in [0.717, 1.165) is 11.1 Å². The summed E-state index contributed by atoms with van der Waals surface area (Å²) in [6.45, 7) is 5.50. The minimum absolute atomic E-state index is 0. The molecule has 12 rings (SSSR count). The molecule has 1 amide bonds. The summed E-state index contributed by atoms with van der Waals surface area (Å²) in [7, 11) is 4.61. The number of allylic oxidation sites excluding steroid dienone is 3. The number of aliphatic carboxylic acids is 4. The van der Waals surface area contributed by atoms with Gasteiger partial charge in [-0.3, -0.25) is 9.78 Å². The van der Waals surface area contributed by atoms with Gasteiger partial charge in [-0.2, -0.15) is 0 Å². The number of carbonyl (C=O) groups excluding carboxylic acids is 5. The summed E-state index contributed by atoms with van der Waals surface area (Å²) in [5, 5.41) is 199. The van der Waals surface area contributed by atoms with Crippen LogP contribution in [-0.2, 0) is 42.9 Å². The van der Waals surface area contributed by atoms with Crippen LogP contribution in [0.4, 0.5) is 0 Å². The van der Waals surface area contributed by atoms with Crippen LogP contribution >= 0.6 is 0 Å². The van der Waals surface area contributed by atoms with E-state index in [1.165, 1.54) is 63.4 Å². The van der Waals surface area contributed by atoms with Gasteiger partial charge in [0.1, 0.15) is 160 Å². The van der Waals surface area contributed by atoms with Gasteiger partial charge in [0.25, 0.3) is 0 Å². The van der Waals surface area contributed by atoms with Crippen LogP contribution in [0.5, 0.6) is 17.2 Å². The number of carbonyl (C=O) groups is 5. The SMILES string of the molecule is COc1ccc(-c2cn([C@H]3C=C(C(=O)[O-])O[C@@H]([C@H](O)[C@H](O)CO)[C@@H]3C)nn2)cc1.COc1ccccc1-c1cn([C@H]2C=C(C(=O)[O-])O[C@@H]([C@H](O)[C@H](O)CO)[C@@H]2C)nn1.COc1ccccc1-c1cn([C@H]2C=C(C(=O)[O-])O[C@@H]([C@H](O)[C@H](O)CO)[C@@H]2NC(=O)C(C)C)nn1.C[C@H]1[C@H]([C@H](O)[C@H](O)CO)OC(C(=O)[O-])=C[C@@H]1n1cc(-c2cccnc2)nn1.[Na+].[Na+].[Na+].[Na+]. The number of carboxylic acids is 4. The van der Waals surface area contributed by atoms with Crippen LogP contribution < -0.4 is 158 Å². The fraction of sp³-hybridized carbons (Fsp3) is 0.429. The topological polar surface area (TPSA) is 633 Å². The van der Waals surface area contributed by atoms with Crippen molar-refractivity contribution in [2.75, 3.05) is 47.8 Å². The van der Waals surface area contributed by atoms with Crippen molar-refractivity contribution in [2.24, 2.45) is 23.7 Å². The van der Waals surface area contributed by atoms with Gasteiger partial charge in [0, 0.05) is 58.3 Å². The number of nitrogens with one attached hydrogen (secondary N) is 1. The van der Waals surface area contributed by atoms with Crippen molar-refractivity contribution in [1.82, 2.24) is 70.3 Å². The van der Waals surface area contributed by atoms with Gasteiger partial charge in [-0.25, -0.2) is 18.7 Å². The van der Waals surface area contributed by atoms with E-state index in [-0.39, 0.29) is 118 Å². The average Bonchev–Trinajstić information content (AvgIpc) is 1.76. The molecule has 4 aliphatic heterocycles. The van der Waals surface area contributed by atoms with Crippen molar-refractivity contribution in [3.63, 3.8) is 0 Å². The van der Waals surface area contributed by atoms with Crippen LogP contribution in [0.25, 0.3) is 45.0 Å². The number of aromatic nitrogens is 13. The number of benzene rings is 3. The molecule has 9 heterocycles. The average molecular weight is 1750 g/mol. The monoisotopic (exact) mass is 1750 g/mol. The van der Waals surface area contributed by atoms with E-state index in [1.807, 2.05) is 30.3 Å². The number of ether oxygens (including phenoxy) is 7. The number of methoxy groups -OCH3 is 3. The van der Waals surface area contributed by atoms with Crippen molar-refractivity contribution in [2.45, 2.75) is 138 Å². The number of hydrogen-bond donors (Lipinski definition) is 13. The fourth-order valence-corrected chi connectivity index (χ4v) is 13.2. The predicted molar refractivity (Wildman–Crippen MR) is 398 cm³/mol. The Morgan fingerprint density at radius 1 is 0.423 bits per heavy atom. The van der Waals surface area contributed by atoms with E-state index in [9.17, 15) is 90.4 Å². The van der Waals surface area contributed by atoms with E-state index in [4.69, 9.17) is 48.5 Å². The molecule has 0 unspecified atom stereocenters. The Bertz CT molecular complexity index is 4870. The first-order valence-corrected chi connectivity index (χ1v) is 36.9. The molecule has 0 aliphatic carbocycles. The maximum Gasteiger partial charge on any atom is 1.00 e. The second-order valence-electron chi connectivity index (χ2n) is 28.0. The Balaban J connectivity index is 0.000000289. The number of pyridine rings is 1. The molecule has 0 saturated carbocycles. The zero-order chi connectivity index (χ0) is 86.8. The second-order valence-corrected chi connectivity index (χ2v) is 28.0. The molecule has 0 fully saturated rings. The molecule has 13 N–H and O–H groups in total. The summed E-state index contributed by atoms with van der Waals surface area (Å²) in [6, 6.07) is 21.1. The molecule has 8 aromatic rings. The third kappa shape index (κ3) is 26.0. The smallest absolute Gasteiger partial charge is 0.542 e. The molecule has 3 aromatic carbocycles. The van der Waals surface area contributed by atoms with Crippen molar-refractivity contribution < 1.29 is 257 Å². The first-order valence-electron chi connectivity index (χ1n) is 36.9. The minimum atomic E-state index is -1.75. The van der Waals surface area contributed by atoms with Gasteiger partial charge in [0.15, 0.2) is 0 Å². The first kappa shape index (κ1) is 105. The van der Waals surface area contributed by atoms with Crippen molar-refractivity contribution in [3.8, 4) is 62.3 Å². The van der Waals surface area contributed by atoms with E-state index < -0.39 is 206 Å². The Hall–Kier alpha value is -8.20. The number of nitrogens with zero attached hydrogens (tertiary/aromatic N) is 13.